The molecule has 0 aliphatic rings. The zero-order valence-corrected chi connectivity index (χ0v) is 12.2. The highest BCUT2D eigenvalue weighted by Gasteiger charge is 2.32. The molecule has 5 heteroatoms. The van der Waals surface area contributed by atoms with Gasteiger partial charge in [0, 0.05) is 10.3 Å². The Morgan fingerprint density at radius 3 is 2.72 bits per heavy atom. The van der Waals surface area contributed by atoms with Gasteiger partial charge < -0.3 is 5.11 Å². The van der Waals surface area contributed by atoms with Gasteiger partial charge in [0.25, 0.3) is 0 Å². The third-order valence-electron chi connectivity index (χ3n) is 2.90. The van der Waals surface area contributed by atoms with Crippen LogP contribution in [0, 0.1) is 0 Å². The van der Waals surface area contributed by atoms with Gasteiger partial charge in [0.1, 0.15) is 10.4 Å². The number of rotatable bonds is 4. The summed E-state index contributed by atoms with van der Waals surface area (Å²) in [4.78, 5) is 18.1. The van der Waals surface area contributed by atoms with E-state index in [0.717, 1.165) is 16.3 Å². The fourth-order valence-corrected chi connectivity index (χ4v) is 3.47. The minimum atomic E-state index is -0.931. The highest BCUT2D eigenvalue weighted by atomic mass is 32.1. The quantitative estimate of drug-likeness (QED) is 0.927. The van der Waals surface area contributed by atoms with E-state index in [4.69, 9.17) is 0 Å². The van der Waals surface area contributed by atoms with Crippen LogP contribution in [-0.4, -0.2) is 16.1 Å². The average molecular weight is 281 g/mol. The van der Waals surface area contributed by atoms with E-state index in [9.17, 15) is 9.90 Å². The summed E-state index contributed by atoms with van der Waals surface area (Å²) >= 11 is 3.23. The Balaban J connectivity index is 2.33. The Bertz CT molecular complexity index is 569. The van der Waals surface area contributed by atoms with E-state index in [0.29, 0.717) is 5.69 Å². The van der Waals surface area contributed by atoms with Crippen LogP contribution in [0.2, 0.25) is 0 Å². The van der Waals surface area contributed by atoms with Gasteiger partial charge in [0.15, 0.2) is 0 Å². The van der Waals surface area contributed by atoms with E-state index in [1.54, 1.807) is 25.2 Å². The number of aliphatic carboxylic acids is 1. The third kappa shape index (κ3) is 2.33. The third-order valence-corrected chi connectivity index (χ3v) is 5.14. The summed E-state index contributed by atoms with van der Waals surface area (Å²) in [7, 11) is 0. The molecular weight excluding hydrogens is 266 g/mol. The molecule has 0 aliphatic heterocycles. The van der Waals surface area contributed by atoms with Crippen LogP contribution in [0.5, 0.6) is 0 Å². The molecule has 0 amide bonds. The second kappa shape index (κ2) is 4.82. The maximum Gasteiger partial charge on any atom is 0.315 e. The van der Waals surface area contributed by atoms with Gasteiger partial charge in [-0.2, -0.15) is 0 Å². The molecule has 0 spiro atoms. The summed E-state index contributed by atoms with van der Waals surface area (Å²) < 4.78 is 0. The van der Waals surface area contributed by atoms with Crippen molar-refractivity contribution in [3.8, 4) is 9.88 Å². The highest BCUT2D eigenvalue weighted by Crippen LogP contribution is 2.34. The van der Waals surface area contributed by atoms with E-state index in [2.05, 4.69) is 24.0 Å². The summed E-state index contributed by atoms with van der Waals surface area (Å²) in [6.45, 7) is 5.48. The van der Waals surface area contributed by atoms with Crippen molar-refractivity contribution in [3.05, 3.63) is 28.1 Å². The minimum absolute atomic E-state index is 0.626. The Morgan fingerprint density at radius 2 is 2.17 bits per heavy atom. The van der Waals surface area contributed by atoms with Crippen molar-refractivity contribution in [2.75, 3.05) is 0 Å². The van der Waals surface area contributed by atoms with Crippen molar-refractivity contribution in [2.45, 2.75) is 32.6 Å². The fraction of sp³-hybridized carbons (Fsp3) is 0.385. The zero-order chi connectivity index (χ0) is 13.3. The van der Waals surface area contributed by atoms with Crippen LogP contribution in [0.15, 0.2) is 17.5 Å². The first-order chi connectivity index (χ1) is 8.45. The molecule has 0 atom stereocenters. The van der Waals surface area contributed by atoms with Gasteiger partial charge in [-0.3, -0.25) is 4.79 Å². The number of aromatic nitrogens is 1. The minimum Gasteiger partial charge on any atom is -0.481 e. The number of nitrogens with zero attached hydrogens (tertiary/aromatic N) is 1. The van der Waals surface area contributed by atoms with E-state index in [1.165, 1.54) is 16.2 Å². The lowest BCUT2D eigenvalue weighted by molar-refractivity contribution is -0.142. The summed E-state index contributed by atoms with van der Waals surface area (Å²) in [5.74, 6) is -0.847. The molecule has 3 nitrogen and oxygen atoms in total. The Morgan fingerprint density at radius 1 is 1.44 bits per heavy atom. The standard InChI is InChI=1S/C13H15NO2S2/c1-4-8-5-6-9(18-8)11-14-10(7-17-11)13(2,3)12(15)16/h5-7H,4H2,1-3H3,(H,15,16). The molecule has 96 valence electrons. The second-order valence-electron chi connectivity index (χ2n) is 4.59. The van der Waals surface area contributed by atoms with Crippen LogP contribution in [0.3, 0.4) is 0 Å². The fourth-order valence-electron chi connectivity index (χ4n) is 1.47. The topological polar surface area (TPSA) is 50.2 Å². The number of hydrogen-bond acceptors (Lipinski definition) is 4. The van der Waals surface area contributed by atoms with E-state index < -0.39 is 11.4 Å². The highest BCUT2D eigenvalue weighted by molar-refractivity contribution is 7.21. The molecule has 18 heavy (non-hydrogen) atoms. The monoisotopic (exact) mass is 281 g/mol. The summed E-state index contributed by atoms with van der Waals surface area (Å²) in [5, 5.41) is 11.9. The molecule has 0 aromatic carbocycles. The number of carbonyl (C=O) groups is 1. The normalized spacial score (nSPS) is 11.7. The Labute approximate surface area is 114 Å². The SMILES string of the molecule is CCc1ccc(-c2nc(C(C)(C)C(=O)O)cs2)s1. The number of aryl methyl sites for hydroxylation is 1. The summed E-state index contributed by atoms with van der Waals surface area (Å²) in [6, 6.07) is 4.16. The summed E-state index contributed by atoms with van der Waals surface area (Å²) in [5.41, 5.74) is -0.305. The summed E-state index contributed by atoms with van der Waals surface area (Å²) in [6.07, 6.45) is 1.02. The lowest BCUT2D eigenvalue weighted by Gasteiger charge is -2.15. The first kappa shape index (κ1) is 13.2. The molecule has 2 aromatic heterocycles. The van der Waals surface area contributed by atoms with Crippen molar-refractivity contribution < 1.29 is 9.90 Å². The van der Waals surface area contributed by atoms with Gasteiger partial charge in [0.05, 0.1) is 10.6 Å². The maximum absolute atomic E-state index is 11.2. The Kier molecular flexibility index (Phi) is 3.54. The van der Waals surface area contributed by atoms with Crippen LogP contribution in [0.25, 0.3) is 9.88 Å². The predicted octanol–water partition coefficient (Wildman–Crippen LogP) is 3.80. The van der Waals surface area contributed by atoms with Crippen LogP contribution in [0.4, 0.5) is 0 Å². The van der Waals surface area contributed by atoms with Gasteiger partial charge in [-0.05, 0) is 32.4 Å². The predicted molar refractivity (Wildman–Crippen MR) is 75.5 cm³/mol. The van der Waals surface area contributed by atoms with Crippen LogP contribution in [-0.2, 0) is 16.6 Å². The van der Waals surface area contributed by atoms with Gasteiger partial charge in [-0.25, -0.2) is 4.98 Å². The number of carboxylic acids is 1. The van der Waals surface area contributed by atoms with Gasteiger partial charge >= 0.3 is 5.97 Å². The number of carboxylic acid groups (broad SMARTS) is 1. The van der Waals surface area contributed by atoms with E-state index in [-0.39, 0.29) is 0 Å². The van der Waals surface area contributed by atoms with Gasteiger partial charge in [-0.15, -0.1) is 22.7 Å². The zero-order valence-electron chi connectivity index (χ0n) is 10.6. The molecule has 1 N–H and O–H groups in total. The number of thiophene rings is 1. The van der Waals surface area contributed by atoms with Crippen molar-refractivity contribution in [1.82, 2.24) is 4.98 Å². The molecule has 0 fully saturated rings. The Hall–Kier alpha value is -1.20. The molecule has 2 rings (SSSR count). The molecule has 0 radical (unpaired) electrons. The molecule has 0 unspecified atom stereocenters. The van der Waals surface area contributed by atoms with Crippen molar-refractivity contribution in [1.29, 1.82) is 0 Å². The number of thiazole rings is 1. The van der Waals surface area contributed by atoms with Gasteiger partial charge in [0.2, 0.25) is 0 Å². The van der Waals surface area contributed by atoms with Gasteiger partial charge in [-0.1, -0.05) is 6.92 Å². The lowest BCUT2D eigenvalue weighted by atomic mass is 9.90. The van der Waals surface area contributed by atoms with E-state index >= 15 is 0 Å². The molecular formula is C13H15NO2S2. The van der Waals surface area contributed by atoms with Crippen LogP contribution < -0.4 is 0 Å². The average Bonchev–Trinajstić information content (AvgIpc) is 2.97. The van der Waals surface area contributed by atoms with Crippen molar-refractivity contribution in [2.24, 2.45) is 0 Å². The number of hydrogen-bond donors (Lipinski definition) is 1. The molecule has 0 saturated carbocycles. The molecule has 0 aliphatic carbocycles. The molecule has 0 bridgehead atoms. The largest absolute Gasteiger partial charge is 0.481 e. The first-order valence-corrected chi connectivity index (χ1v) is 7.43. The molecule has 0 saturated heterocycles. The molecule has 2 heterocycles. The lowest BCUT2D eigenvalue weighted by Crippen LogP contribution is -2.28. The van der Waals surface area contributed by atoms with Crippen molar-refractivity contribution >= 4 is 28.6 Å². The van der Waals surface area contributed by atoms with E-state index in [1.807, 2.05) is 5.38 Å². The van der Waals surface area contributed by atoms with Crippen LogP contribution >= 0.6 is 22.7 Å². The first-order valence-electron chi connectivity index (χ1n) is 5.73. The van der Waals surface area contributed by atoms with Crippen LogP contribution in [0.1, 0.15) is 31.3 Å². The molecule has 2 aromatic rings. The maximum atomic E-state index is 11.2. The second-order valence-corrected chi connectivity index (χ2v) is 6.61. The smallest absolute Gasteiger partial charge is 0.315 e. The van der Waals surface area contributed by atoms with Crippen molar-refractivity contribution in [3.63, 3.8) is 0 Å².